The number of hydrogen-bond acceptors (Lipinski definition) is 10. The molecule has 0 aliphatic heterocycles. The van der Waals surface area contributed by atoms with Crippen molar-refractivity contribution in [3.05, 3.63) is 36.9 Å². The fraction of sp³-hybridized carbons (Fsp3) is 0.318. The number of benzene rings is 1. The number of rotatable bonds is 7. The predicted molar refractivity (Wildman–Crippen MR) is 131 cm³/mol. The standard InChI is InChI=1S/C22H24N8OS2/c1-22(2,3)11-24-6-7-30-20-18(19(23)25-12-26-20)27-21(30)32-16-10-14-17(33-29-28-14)9-13(16)15-5-4-8-31-15/h4-5,8-10,12,24H,6-7,11H2,1-3H3,(H2,23,25,26). The van der Waals surface area contributed by atoms with E-state index in [1.54, 1.807) is 6.26 Å². The molecule has 1 aromatic carbocycles. The number of hydrogen-bond donors (Lipinski definition) is 2. The molecule has 0 amide bonds. The normalized spacial score (nSPS) is 12.2. The summed E-state index contributed by atoms with van der Waals surface area (Å²) in [4.78, 5) is 14.4. The maximum atomic E-state index is 6.13. The minimum atomic E-state index is 0.204. The average Bonchev–Trinajstić information content (AvgIpc) is 3.51. The molecule has 4 aromatic heterocycles. The van der Waals surface area contributed by atoms with Gasteiger partial charge in [-0.05, 0) is 41.2 Å². The van der Waals surface area contributed by atoms with Crippen LogP contribution in [0.1, 0.15) is 20.8 Å². The van der Waals surface area contributed by atoms with Gasteiger partial charge in [-0.2, -0.15) is 0 Å². The van der Waals surface area contributed by atoms with E-state index >= 15 is 0 Å². The second-order valence-corrected chi connectivity index (χ2v) is 10.7. The zero-order chi connectivity index (χ0) is 23.0. The van der Waals surface area contributed by atoms with Gasteiger partial charge in [-0.15, -0.1) is 5.10 Å². The predicted octanol–water partition coefficient (Wildman–Crippen LogP) is 4.46. The smallest absolute Gasteiger partial charge is 0.175 e. The van der Waals surface area contributed by atoms with Gasteiger partial charge in [0, 0.05) is 30.1 Å². The van der Waals surface area contributed by atoms with Gasteiger partial charge < -0.3 is 20.0 Å². The van der Waals surface area contributed by atoms with Crippen LogP contribution < -0.4 is 11.1 Å². The van der Waals surface area contributed by atoms with Crippen LogP contribution >= 0.6 is 23.3 Å². The van der Waals surface area contributed by atoms with Crippen LogP contribution in [0.4, 0.5) is 5.82 Å². The summed E-state index contributed by atoms with van der Waals surface area (Å²) in [6, 6.07) is 7.92. The minimum Gasteiger partial charge on any atom is -0.464 e. The molecule has 9 nitrogen and oxygen atoms in total. The second kappa shape index (κ2) is 8.73. The number of imidazole rings is 1. The number of fused-ring (bicyclic) bond motifs is 2. The molecule has 0 saturated carbocycles. The van der Waals surface area contributed by atoms with Crippen molar-refractivity contribution in [2.45, 2.75) is 37.4 Å². The zero-order valence-corrected chi connectivity index (χ0v) is 20.2. The van der Waals surface area contributed by atoms with Crippen molar-refractivity contribution in [1.29, 1.82) is 0 Å². The quantitative estimate of drug-likeness (QED) is 0.325. The molecule has 5 rings (SSSR count). The zero-order valence-electron chi connectivity index (χ0n) is 18.6. The molecule has 11 heteroatoms. The highest BCUT2D eigenvalue weighted by atomic mass is 32.2. The van der Waals surface area contributed by atoms with Gasteiger partial charge >= 0.3 is 0 Å². The number of nitrogens with one attached hydrogen (secondary N) is 1. The fourth-order valence-corrected chi connectivity index (χ4v) is 5.13. The Hall–Kier alpha value is -3.02. The molecule has 0 radical (unpaired) electrons. The third kappa shape index (κ3) is 4.56. The monoisotopic (exact) mass is 480 g/mol. The molecule has 4 heterocycles. The van der Waals surface area contributed by atoms with Crippen LogP contribution in [0.2, 0.25) is 0 Å². The van der Waals surface area contributed by atoms with Gasteiger partial charge in [-0.25, -0.2) is 15.0 Å². The summed E-state index contributed by atoms with van der Waals surface area (Å²) in [6.07, 6.45) is 3.15. The van der Waals surface area contributed by atoms with E-state index in [0.29, 0.717) is 17.9 Å². The molecule has 0 unspecified atom stereocenters. The Labute approximate surface area is 199 Å². The third-order valence-electron chi connectivity index (χ3n) is 5.03. The number of furan rings is 1. The van der Waals surface area contributed by atoms with Gasteiger partial charge in [0.2, 0.25) is 0 Å². The SMILES string of the molecule is CC(C)(C)CNCCn1c(Sc2cc3nnsc3cc2-c2ccco2)nc2c(N)ncnc21. The molecular weight excluding hydrogens is 456 g/mol. The van der Waals surface area contributed by atoms with E-state index in [1.165, 1.54) is 29.6 Å². The topological polar surface area (TPSA) is 121 Å². The summed E-state index contributed by atoms with van der Waals surface area (Å²) in [5.74, 6) is 1.15. The molecule has 0 atom stereocenters. The number of anilines is 1. The van der Waals surface area contributed by atoms with Gasteiger partial charge in [0.25, 0.3) is 0 Å². The van der Waals surface area contributed by atoms with Crippen LogP contribution in [0, 0.1) is 5.41 Å². The van der Waals surface area contributed by atoms with E-state index < -0.39 is 0 Å². The summed E-state index contributed by atoms with van der Waals surface area (Å²) in [5.41, 5.74) is 9.46. The Morgan fingerprint density at radius 2 is 2.12 bits per heavy atom. The highest BCUT2D eigenvalue weighted by Gasteiger charge is 2.20. The van der Waals surface area contributed by atoms with Crippen LogP contribution in [0.3, 0.4) is 0 Å². The van der Waals surface area contributed by atoms with Crippen molar-refractivity contribution in [2.24, 2.45) is 5.41 Å². The average molecular weight is 481 g/mol. The summed E-state index contributed by atoms with van der Waals surface area (Å²) in [6.45, 7) is 9.02. The van der Waals surface area contributed by atoms with Gasteiger partial charge in [0.1, 0.15) is 17.6 Å². The Bertz CT molecular complexity index is 1400. The van der Waals surface area contributed by atoms with E-state index in [0.717, 1.165) is 50.3 Å². The largest absolute Gasteiger partial charge is 0.464 e. The molecule has 0 fully saturated rings. The van der Waals surface area contributed by atoms with Crippen molar-refractivity contribution < 1.29 is 4.42 Å². The Kier molecular flexibility index (Phi) is 5.77. The Morgan fingerprint density at radius 1 is 1.24 bits per heavy atom. The lowest BCUT2D eigenvalue weighted by Crippen LogP contribution is -2.29. The van der Waals surface area contributed by atoms with E-state index in [2.05, 4.69) is 56.3 Å². The molecule has 0 saturated heterocycles. The molecule has 170 valence electrons. The van der Waals surface area contributed by atoms with Crippen molar-refractivity contribution in [3.8, 4) is 11.3 Å². The van der Waals surface area contributed by atoms with Crippen molar-refractivity contribution in [3.63, 3.8) is 0 Å². The number of nitrogens with two attached hydrogens (primary N) is 1. The number of nitrogens with zero attached hydrogens (tertiary/aromatic N) is 6. The van der Waals surface area contributed by atoms with Gasteiger partial charge in [0.15, 0.2) is 22.1 Å². The van der Waals surface area contributed by atoms with Gasteiger partial charge in [0.05, 0.1) is 11.0 Å². The van der Waals surface area contributed by atoms with Crippen molar-refractivity contribution in [2.75, 3.05) is 18.8 Å². The molecular formula is C22H24N8OS2. The molecule has 33 heavy (non-hydrogen) atoms. The Balaban J connectivity index is 1.54. The van der Waals surface area contributed by atoms with Crippen molar-refractivity contribution in [1.82, 2.24) is 34.4 Å². The summed E-state index contributed by atoms with van der Waals surface area (Å²) in [7, 11) is 0. The summed E-state index contributed by atoms with van der Waals surface area (Å²) >= 11 is 2.90. The maximum absolute atomic E-state index is 6.13. The van der Waals surface area contributed by atoms with Crippen molar-refractivity contribution >= 4 is 50.5 Å². The lowest BCUT2D eigenvalue weighted by molar-refractivity contribution is 0.375. The number of aromatic nitrogens is 6. The first-order valence-corrected chi connectivity index (χ1v) is 12.1. The molecule has 0 aliphatic rings. The first-order chi connectivity index (χ1) is 15.9. The highest BCUT2D eigenvalue weighted by molar-refractivity contribution is 7.99. The lowest BCUT2D eigenvalue weighted by Gasteiger charge is -2.19. The summed E-state index contributed by atoms with van der Waals surface area (Å²) in [5, 5.41) is 8.56. The third-order valence-corrected chi connectivity index (χ3v) is 6.77. The lowest BCUT2D eigenvalue weighted by atomic mass is 9.97. The number of nitrogen functional groups attached to an aromatic ring is 1. The molecule has 0 spiro atoms. The molecule has 5 aromatic rings. The molecule has 0 bridgehead atoms. The van der Waals surface area contributed by atoms with Crippen LogP contribution in [-0.4, -0.2) is 42.2 Å². The molecule has 3 N–H and O–H groups in total. The molecule has 0 aliphatic carbocycles. The summed E-state index contributed by atoms with van der Waals surface area (Å²) < 4.78 is 12.9. The first kappa shape index (κ1) is 21.8. The maximum Gasteiger partial charge on any atom is 0.175 e. The van der Waals surface area contributed by atoms with E-state index in [1.807, 2.05) is 18.2 Å². The first-order valence-electron chi connectivity index (χ1n) is 10.5. The van der Waals surface area contributed by atoms with Crippen LogP contribution in [0.15, 0.2) is 51.3 Å². The second-order valence-electron chi connectivity index (χ2n) is 8.88. The van der Waals surface area contributed by atoms with E-state index in [9.17, 15) is 0 Å². The van der Waals surface area contributed by atoms with Crippen LogP contribution in [0.5, 0.6) is 0 Å². The fourth-order valence-electron chi connectivity index (χ4n) is 3.48. The van der Waals surface area contributed by atoms with E-state index in [-0.39, 0.29) is 5.41 Å². The minimum absolute atomic E-state index is 0.204. The van der Waals surface area contributed by atoms with Crippen LogP contribution in [0.25, 0.3) is 32.7 Å². The Morgan fingerprint density at radius 3 is 2.91 bits per heavy atom. The van der Waals surface area contributed by atoms with Crippen LogP contribution in [-0.2, 0) is 6.54 Å². The van der Waals surface area contributed by atoms with Gasteiger partial charge in [-0.3, -0.25) is 0 Å². The highest BCUT2D eigenvalue weighted by Crippen LogP contribution is 2.40. The van der Waals surface area contributed by atoms with E-state index in [4.69, 9.17) is 15.1 Å². The van der Waals surface area contributed by atoms with Gasteiger partial charge in [-0.1, -0.05) is 37.0 Å².